The zero-order valence-corrected chi connectivity index (χ0v) is 12.1. The molecule has 2 rings (SSSR count). The van der Waals surface area contributed by atoms with Gasteiger partial charge in [0.1, 0.15) is 0 Å². The standard InChI is InChI=1S/C16H22N2O2/c1-3-11(4-2)15(19)17-13-7-9-14(10-8-13)18-16(20)12-5-6-12/h7-12H,3-6H2,1-2H3,(H,17,19)(H,18,20). The van der Waals surface area contributed by atoms with Crippen LogP contribution in [0.15, 0.2) is 24.3 Å². The Labute approximate surface area is 119 Å². The summed E-state index contributed by atoms with van der Waals surface area (Å²) >= 11 is 0. The highest BCUT2D eigenvalue weighted by molar-refractivity contribution is 5.95. The van der Waals surface area contributed by atoms with Crippen LogP contribution < -0.4 is 10.6 Å². The van der Waals surface area contributed by atoms with Gasteiger partial charge in [-0.05, 0) is 49.9 Å². The van der Waals surface area contributed by atoms with Gasteiger partial charge in [-0.3, -0.25) is 9.59 Å². The Morgan fingerprint density at radius 2 is 1.55 bits per heavy atom. The molecular weight excluding hydrogens is 252 g/mol. The van der Waals surface area contributed by atoms with Gasteiger partial charge in [-0.25, -0.2) is 0 Å². The summed E-state index contributed by atoms with van der Waals surface area (Å²) in [5.41, 5.74) is 1.55. The van der Waals surface area contributed by atoms with Crippen LogP contribution in [0, 0.1) is 11.8 Å². The van der Waals surface area contributed by atoms with Crippen molar-refractivity contribution in [2.24, 2.45) is 11.8 Å². The second-order valence-corrected chi connectivity index (χ2v) is 5.34. The molecule has 0 heterocycles. The molecule has 20 heavy (non-hydrogen) atoms. The zero-order chi connectivity index (χ0) is 14.5. The van der Waals surface area contributed by atoms with Gasteiger partial charge in [0.25, 0.3) is 0 Å². The first-order valence-corrected chi connectivity index (χ1v) is 7.35. The Bertz CT molecular complexity index is 474. The minimum atomic E-state index is 0.0595. The highest BCUT2D eigenvalue weighted by Gasteiger charge is 2.29. The van der Waals surface area contributed by atoms with E-state index < -0.39 is 0 Å². The molecule has 1 aromatic rings. The maximum atomic E-state index is 12.0. The van der Waals surface area contributed by atoms with E-state index in [-0.39, 0.29) is 23.7 Å². The molecular formula is C16H22N2O2. The third-order valence-electron chi connectivity index (χ3n) is 3.72. The van der Waals surface area contributed by atoms with Gasteiger partial charge >= 0.3 is 0 Å². The van der Waals surface area contributed by atoms with Gasteiger partial charge < -0.3 is 10.6 Å². The molecule has 0 aromatic heterocycles. The largest absolute Gasteiger partial charge is 0.326 e. The second-order valence-electron chi connectivity index (χ2n) is 5.34. The van der Waals surface area contributed by atoms with E-state index in [1.807, 2.05) is 38.1 Å². The predicted molar refractivity (Wildman–Crippen MR) is 80.5 cm³/mol. The Balaban J connectivity index is 1.90. The Morgan fingerprint density at radius 1 is 1.05 bits per heavy atom. The average Bonchev–Trinajstić information content (AvgIpc) is 3.27. The summed E-state index contributed by atoms with van der Waals surface area (Å²) in [5, 5.41) is 5.79. The molecule has 0 atom stereocenters. The molecule has 0 radical (unpaired) electrons. The van der Waals surface area contributed by atoms with E-state index in [1.54, 1.807) is 0 Å². The number of hydrogen-bond donors (Lipinski definition) is 2. The van der Waals surface area contributed by atoms with E-state index in [0.29, 0.717) is 0 Å². The minimum absolute atomic E-state index is 0.0595. The van der Waals surface area contributed by atoms with Gasteiger partial charge in [0, 0.05) is 23.2 Å². The van der Waals surface area contributed by atoms with Gasteiger partial charge in [0.2, 0.25) is 11.8 Å². The summed E-state index contributed by atoms with van der Waals surface area (Å²) in [6, 6.07) is 7.29. The van der Waals surface area contributed by atoms with Crippen molar-refractivity contribution in [1.82, 2.24) is 0 Å². The molecule has 0 spiro atoms. The van der Waals surface area contributed by atoms with Crippen molar-refractivity contribution in [1.29, 1.82) is 0 Å². The zero-order valence-electron chi connectivity index (χ0n) is 12.1. The maximum Gasteiger partial charge on any atom is 0.227 e. The van der Waals surface area contributed by atoms with Crippen molar-refractivity contribution in [3.8, 4) is 0 Å². The number of rotatable bonds is 6. The molecule has 1 saturated carbocycles. The van der Waals surface area contributed by atoms with Crippen LogP contribution in [-0.2, 0) is 9.59 Å². The quantitative estimate of drug-likeness (QED) is 0.835. The molecule has 0 aliphatic heterocycles. The summed E-state index contributed by atoms with van der Waals surface area (Å²) < 4.78 is 0. The highest BCUT2D eigenvalue weighted by Crippen LogP contribution is 2.30. The van der Waals surface area contributed by atoms with E-state index in [1.165, 1.54) is 0 Å². The van der Waals surface area contributed by atoms with Crippen molar-refractivity contribution in [2.45, 2.75) is 39.5 Å². The minimum Gasteiger partial charge on any atom is -0.326 e. The fourth-order valence-corrected chi connectivity index (χ4v) is 2.13. The molecule has 1 aliphatic carbocycles. The fraction of sp³-hybridized carbons (Fsp3) is 0.500. The van der Waals surface area contributed by atoms with Crippen LogP contribution in [0.25, 0.3) is 0 Å². The average molecular weight is 274 g/mol. The molecule has 1 aromatic carbocycles. The summed E-state index contributed by atoms with van der Waals surface area (Å²) in [4.78, 5) is 23.6. The van der Waals surface area contributed by atoms with Crippen LogP contribution in [0.5, 0.6) is 0 Å². The number of amides is 2. The first-order chi connectivity index (χ1) is 9.63. The number of carbonyl (C=O) groups excluding carboxylic acids is 2. The summed E-state index contributed by atoms with van der Waals surface area (Å²) in [6.07, 6.45) is 3.68. The van der Waals surface area contributed by atoms with Crippen molar-refractivity contribution in [2.75, 3.05) is 10.6 Å². The smallest absolute Gasteiger partial charge is 0.227 e. The first-order valence-electron chi connectivity index (χ1n) is 7.35. The molecule has 2 amide bonds. The highest BCUT2D eigenvalue weighted by atomic mass is 16.2. The molecule has 2 N–H and O–H groups in total. The van der Waals surface area contributed by atoms with E-state index in [2.05, 4.69) is 10.6 Å². The first kappa shape index (κ1) is 14.6. The SMILES string of the molecule is CCC(CC)C(=O)Nc1ccc(NC(=O)C2CC2)cc1. The van der Waals surface area contributed by atoms with Crippen molar-refractivity contribution in [3.05, 3.63) is 24.3 Å². The third-order valence-corrected chi connectivity index (χ3v) is 3.72. The molecule has 1 fully saturated rings. The van der Waals surface area contributed by atoms with Crippen LogP contribution in [0.4, 0.5) is 11.4 Å². The molecule has 4 heteroatoms. The predicted octanol–water partition coefficient (Wildman–Crippen LogP) is 3.41. The normalized spacial score (nSPS) is 14.2. The van der Waals surface area contributed by atoms with Crippen LogP contribution in [-0.4, -0.2) is 11.8 Å². The topological polar surface area (TPSA) is 58.2 Å². The Hall–Kier alpha value is -1.84. The van der Waals surface area contributed by atoms with Gasteiger partial charge in [0.15, 0.2) is 0 Å². The Kier molecular flexibility index (Phi) is 4.77. The summed E-state index contributed by atoms with van der Waals surface area (Å²) in [5.74, 6) is 0.414. The van der Waals surface area contributed by atoms with Crippen LogP contribution in [0.2, 0.25) is 0 Å². The molecule has 108 valence electrons. The van der Waals surface area contributed by atoms with Crippen molar-refractivity contribution >= 4 is 23.2 Å². The molecule has 4 nitrogen and oxygen atoms in total. The van der Waals surface area contributed by atoms with Gasteiger partial charge in [-0.1, -0.05) is 13.8 Å². The fourth-order valence-electron chi connectivity index (χ4n) is 2.13. The van der Waals surface area contributed by atoms with Crippen molar-refractivity contribution in [3.63, 3.8) is 0 Å². The van der Waals surface area contributed by atoms with Crippen molar-refractivity contribution < 1.29 is 9.59 Å². The lowest BCUT2D eigenvalue weighted by molar-refractivity contribution is -0.120. The lowest BCUT2D eigenvalue weighted by Gasteiger charge is -2.13. The van der Waals surface area contributed by atoms with Crippen LogP contribution in [0.1, 0.15) is 39.5 Å². The van der Waals surface area contributed by atoms with Gasteiger partial charge in [-0.2, -0.15) is 0 Å². The lowest BCUT2D eigenvalue weighted by atomic mass is 10.0. The van der Waals surface area contributed by atoms with E-state index in [0.717, 1.165) is 37.1 Å². The van der Waals surface area contributed by atoms with E-state index in [4.69, 9.17) is 0 Å². The summed E-state index contributed by atoms with van der Waals surface area (Å²) in [6.45, 7) is 4.04. The molecule has 0 saturated heterocycles. The molecule has 0 bridgehead atoms. The number of nitrogens with one attached hydrogen (secondary N) is 2. The van der Waals surface area contributed by atoms with E-state index in [9.17, 15) is 9.59 Å². The van der Waals surface area contributed by atoms with Crippen LogP contribution >= 0.6 is 0 Å². The molecule has 0 unspecified atom stereocenters. The monoisotopic (exact) mass is 274 g/mol. The molecule has 1 aliphatic rings. The number of hydrogen-bond acceptors (Lipinski definition) is 2. The second kappa shape index (κ2) is 6.55. The maximum absolute atomic E-state index is 12.0. The Morgan fingerprint density at radius 3 is 2.00 bits per heavy atom. The third kappa shape index (κ3) is 3.83. The van der Waals surface area contributed by atoms with Gasteiger partial charge in [0.05, 0.1) is 0 Å². The summed E-state index contributed by atoms with van der Waals surface area (Å²) in [7, 11) is 0. The number of anilines is 2. The van der Waals surface area contributed by atoms with Gasteiger partial charge in [-0.15, -0.1) is 0 Å². The van der Waals surface area contributed by atoms with Crippen LogP contribution in [0.3, 0.4) is 0 Å². The number of carbonyl (C=O) groups is 2. The van der Waals surface area contributed by atoms with E-state index >= 15 is 0 Å². The lowest BCUT2D eigenvalue weighted by Crippen LogP contribution is -2.21. The number of benzene rings is 1.